The van der Waals surface area contributed by atoms with E-state index in [4.69, 9.17) is 0 Å². The number of thioether (sulfide) groups is 1. The van der Waals surface area contributed by atoms with E-state index >= 15 is 0 Å². The fraction of sp³-hybridized carbons (Fsp3) is 0.250. The van der Waals surface area contributed by atoms with Gasteiger partial charge in [0.05, 0.1) is 5.25 Å². The Labute approximate surface area is 167 Å². The molecule has 0 saturated carbocycles. The van der Waals surface area contributed by atoms with Crippen LogP contribution < -0.4 is 10.6 Å². The van der Waals surface area contributed by atoms with Crippen LogP contribution in [-0.4, -0.2) is 21.4 Å². The Bertz CT molecular complexity index is 955. The zero-order chi connectivity index (χ0) is 19.4. The fourth-order valence-corrected chi connectivity index (χ4v) is 4.37. The number of para-hydroxylation sites is 1. The number of hydrogen-bond donors (Lipinski definition) is 2. The van der Waals surface area contributed by atoms with E-state index in [9.17, 15) is 4.79 Å². The van der Waals surface area contributed by atoms with Gasteiger partial charge in [-0.1, -0.05) is 53.4 Å². The molecule has 0 radical (unpaired) electrons. The molecule has 0 aliphatic heterocycles. The quantitative estimate of drug-likeness (QED) is 0.550. The van der Waals surface area contributed by atoms with Crippen molar-refractivity contribution >= 4 is 45.5 Å². The van der Waals surface area contributed by atoms with Crippen molar-refractivity contribution in [2.45, 2.75) is 37.3 Å². The van der Waals surface area contributed by atoms with Gasteiger partial charge in [0.2, 0.25) is 11.0 Å². The van der Waals surface area contributed by atoms with Crippen LogP contribution in [0.1, 0.15) is 23.6 Å². The maximum atomic E-state index is 12.5. The number of nitrogens with one attached hydrogen (secondary N) is 2. The molecule has 7 heteroatoms. The van der Waals surface area contributed by atoms with Crippen LogP contribution in [0.2, 0.25) is 0 Å². The first-order valence-corrected chi connectivity index (χ1v) is 10.3. The number of rotatable bonds is 6. The van der Waals surface area contributed by atoms with Crippen LogP contribution in [-0.2, 0) is 4.79 Å². The van der Waals surface area contributed by atoms with Crippen LogP contribution in [0.25, 0.3) is 0 Å². The molecule has 3 rings (SSSR count). The molecule has 0 bridgehead atoms. The van der Waals surface area contributed by atoms with E-state index in [1.54, 1.807) is 0 Å². The SMILES string of the molecule is Cc1ccccc1NC(=O)[C@H](C)Sc1nnc(Nc2cccc(C)c2C)s1. The zero-order valence-electron chi connectivity index (χ0n) is 15.7. The minimum Gasteiger partial charge on any atom is -0.330 e. The molecule has 0 fully saturated rings. The summed E-state index contributed by atoms with van der Waals surface area (Å²) < 4.78 is 0.759. The predicted octanol–water partition coefficient (Wildman–Crippen LogP) is 5.33. The summed E-state index contributed by atoms with van der Waals surface area (Å²) in [7, 11) is 0. The first-order valence-electron chi connectivity index (χ1n) is 8.64. The minimum absolute atomic E-state index is 0.0477. The monoisotopic (exact) mass is 398 g/mol. The summed E-state index contributed by atoms with van der Waals surface area (Å²) in [5, 5.41) is 15.1. The molecule has 2 N–H and O–H groups in total. The molecule has 0 spiro atoms. The van der Waals surface area contributed by atoms with Gasteiger partial charge in [0.15, 0.2) is 4.34 Å². The highest BCUT2D eigenvalue weighted by atomic mass is 32.2. The third-order valence-corrected chi connectivity index (χ3v) is 6.33. The standard InChI is InChI=1S/C20H22N4OS2/c1-12-9-7-11-17(14(12)3)22-19-23-24-20(27-19)26-15(4)18(25)21-16-10-6-5-8-13(16)2/h5-11,15H,1-4H3,(H,21,25)(H,22,23)/t15-/m0/s1. The maximum Gasteiger partial charge on any atom is 0.237 e. The number of nitrogens with zero attached hydrogens (tertiary/aromatic N) is 2. The highest BCUT2D eigenvalue weighted by Crippen LogP contribution is 2.32. The van der Waals surface area contributed by atoms with Crippen molar-refractivity contribution < 1.29 is 4.79 Å². The van der Waals surface area contributed by atoms with Gasteiger partial charge in [-0.05, 0) is 56.5 Å². The number of hydrogen-bond acceptors (Lipinski definition) is 6. The third kappa shape index (κ3) is 4.87. The zero-order valence-corrected chi connectivity index (χ0v) is 17.4. The van der Waals surface area contributed by atoms with E-state index in [2.05, 4.69) is 40.7 Å². The summed E-state index contributed by atoms with van der Waals surface area (Å²) in [6, 6.07) is 13.9. The number of carbonyl (C=O) groups excluding carboxylic acids is 1. The smallest absolute Gasteiger partial charge is 0.237 e. The second-order valence-electron chi connectivity index (χ2n) is 6.31. The van der Waals surface area contributed by atoms with Crippen molar-refractivity contribution in [3.05, 3.63) is 59.2 Å². The largest absolute Gasteiger partial charge is 0.330 e. The minimum atomic E-state index is -0.272. The average Bonchev–Trinajstić information content (AvgIpc) is 3.08. The van der Waals surface area contributed by atoms with Gasteiger partial charge in [0.1, 0.15) is 0 Å². The third-order valence-electron chi connectivity index (χ3n) is 4.30. The van der Waals surface area contributed by atoms with Crippen LogP contribution in [0.15, 0.2) is 46.8 Å². The lowest BCUT2D eigenvalue weighted by Gasteiger charge is -2.12. The number of amides is 1. The van der Waals surface area contributed by atoms with Gasteiger partial charge in [0, 0.05) is 11.4 Å². The van der Waals surface area contributed by atoms with Crippen LogP contribution >= 0.6 is 23.1 Å². The lowest BCUT2D eigenvalue weighted by molar-refractivity contribution is -0.115. The van der Waals surface area contributed by atoms with E-state index in [1.165, 1.54) is 34.2 Å². The lowest BCUT2D eigenvalue weighted by atomic mass is 10.1. The van der Waals surface area contributed by atoms with E-state index in [1.807, 2.05) is 50.2 Å². The Balaban J connectivity index is 1.62. The Morgan fingerprint density at radius 1 is 1.00 bits per heavy atom. The first-order chi connectivity index (χ1) is 12.9. The molecular formula is C20H22N4OS2. The van der Waals surface area contributed by atoms with Gasteiger partial charge < -0.3 is 10.6 Å². The van der Waals surface area contributed by atoms with Gasteiger partial charge in [-0.15, -0.1) is 10.2 Å². The van der Waals surface area contributed by atoms with Crippen molar-refractivity contribution in [2.24, 2.45) is 0 Å². The molecule has 1 amide bonds. The van der Waals surface area contributed by atoms with Gasteiger partial charge in [0.25, 0.3) is 0 Å². The van der Waals surface area contributed by atoms with E-state index in [0.29, 0.717) is 0 Å². The summed E-state index contributed by atoms with van der Waals surface area (Å²) in [4.78, 5) is 12.5. The molecule has 2 aromatic carbocycles. The molecule has 5 nitrogen and oxygen atoms in total. The molecule has 27 heavy (non-hydrogen) atoms. The van der Waals surface area contributed by atoms with Crippen molar-refractivity contribution in [1.29, 1.82) is 0 Å². The second kappa shape index (κ2) is 8.54. The number of aryl methyl sites for hydroxylation is 2. The molecule has 3 aromatic rings. The Morgan fingerprint density at radius 2 is 1.70 bits per heavy atom. The van der Waals surface area contributed by atoms with Crippen molar-refractivity contribution in [3.63, 3.8) is 0 Å². The Kier molecular flexibility index (Phi) is 6.13. The average molecular weight is 399 g/mol. The summed E-state index contributed by atoms with van der Waals surface area (Å²) in [5.74, 6) is -0.0477. The number of aromatic nitrogens is 2. The van der Waals surface area contributed by atoms with Crippen LogP contribution in [0.5, 0.6) is 0 Å². The fourth-order valence-electron chi connectivity index (χ4n) is 2.46. The van der Waals surface area contributed by atoms with Gasteiger partial charge >= 0.3 is 0 Å². The van der Waals surface area contributed by atoms with Crippen molar-refractivity contribution in [1.82, 2.24) is 10.2 Å². The van der Waals surface area contributed by atoms with E-state index in [0.717, 1.165) is 26.4 Å². The van der Waals surface area contributed by atoms with Crippen LogP contribution in [0, 0.1) is 20.8 Å². The molecule has 140 valence electrons. The van der Waals surface area contributed by atoms with Crippen molar-refractivity contribution in [3.8, 4) is 0 Å². The normalized spacial score (nSPS) is 11.9. The molecular weight excluding hydrogens is 376 g/mol. The molecule has 0 aliphatic carbocycles. The van der Waals surface area contributed by atoms with Crippen LogP contribution in [0.3, 0.4) is 0 Å². The van der Waals surface area contributed by atoms with Crippen LogP contribution in [0.4, 0.5) is 16.5 Å². The Hall–Kier alpha value is -2.38. The maximum absolute atomic E-state index is 12.5. The molecule has 1 aromatic heterocycles. The Morgan fingerprint density at radius 3 is 2.48 bits per heavy atom. The predicted molar refractivity (Wildman–Crippen MR) is 114 cm³/mol. The molecule has 0 aliphatic rings. The molecule has 0 unspecified atom stereocenters. The lowest BCUT2D eigenvalue weighted by Crippen LogP contribution is -2.22. The summed E-state index contributed by atoms with van der Waals surface area (Å²) in [6.45, 7) is 8.00. The van der Waals surface area contributed by atoms with Gasteiger partial charge in [-0.3, -0.25) is 4.79 Å². The van der Waals surface area contributed by atoms with E-state index < -0.39 is 0 Å². The van der Waals surface area contributed by atoms with E-state index in [-0.39, 0.29) is 11.2 Å². The summed E-state index contributed by atoms with van der Waals surface area (Å²) >= 11 is 2.86. The molecule has 1 atom stereocenters. The number of anilines is 3. The highest BCUT2D eigenvalue weighted by molar-refractivity contribution is 8.02. The highest BCUT2D eigenvalue weighted by Gasteiger charge is 2.18. The molecule has 0 saturated heterocycles. The topological polar surface area (TPSA) is 66.9 Å². The van der Waals surface area contributed by atoms with Crippen molar-refractivity contribution in [2.75, 3.05) is 10.6 Å². The van der Waals surface area contributed by atoms with Gasteiger partial charge in [-0.2, -0.15) is 0 Å². The van der Waals surface area contributed by atoms with Gasteiger partial charge in [-0.25, -0.2) is 0 Å². The summed E-state index contributed by atoms with van der Waals surface area (Å²) in [5.41, 5.74) is 5.31. The first kappa shape index (κ1) is 19.4. The summed E-state index contributed by atoms with van der Waals surface area (Å²) in [6.07, 6.45) is 0. The second-order valence-corrected chi connectivity index (χ2v) is 8.88. The molecule has 1 heterocycles. The number of carbonyl (C=O) groups is 1. The number of benzene rings is 2.